The first-order valence-electron chi connectivity index (χ1n) is 7.67. The molecule has 1 saturated carbocycles. The van der Waals surface area contributed by atoms with E-state index in [2.05, 4.69) is 4.98 Å². The van der Waals surface area contributed by atoms with Crippen molar-refractivity contribution in [2.24, 2.45) is 0 Å². The number of carbonyl (C=O) groups excluding carboxylic acids is 1. The number of benzene rings is 1. The van der Waals surface area contributed by atoms with Crippen LogP contribution in [0.4, 0.5) is 0 Å². The molecule has 1 fully saturated rings. The van der Waals surface area contributed by atoms with Crippen molar-refractivity contribution >= 4 is 22.9 Å². The van der Waals surface area contributed by atoms with Crippen molar-refractivity contribution in [3.8, 4) is 6.07 Å². The quantitative estimate of drug-likeness (QED) is 0.529. The monoisotopic (exact) mass is 294 g/mol. The molecule has 1 heterocycles. The molecule has 22 heavy (non-hydrogen) atoms. The van der Waals surface area contributed by atoms with Crippen molar-refractivity contribution in [3.63, 3.8) is 0 Å². The molecule has 0 saturated heterocycles. The van der Waals surface area contributed by atoms with Crippen molar-refractivity contribution in [2.45, 2.75) is 38.2 Å². The van der Waals surface area contributed by atoms with Crippen LogP contribution in [0.25, 0.3) is 17.0 Å². The van der Waals surface area contributed by atoms with Crippen molar-refractivity contribution in [3.05, 3.63) is 41.6 Å². The van der Waals surface area contributed by atoms with E-state index < -0.39 is 5.97 Å². The zero-order valence-corrected chi connectivity index (χ0v) is 12.3. The predicted molar refractivity (Wildman–Crippen MR) is 84.9 cm³/mol. The average Bonchev–Trinajstić information content (AvgIpc) is 2.96. The number of para-hydroxylation sites is 1. The number of fused-ring (bicyclic) bond motifs is 1. The standard InChI is InChI=1S/C18H18N2O2/c19-11-13(18(21)22-15-6-2-1-3-7-15)10-14-12-20-17-9-5-4-8-16(14)17/h4-5,8-10,12,15,20H,1-3,6-7H2/b13-10-. The molecule has 3 rings (SSSR count). The SMILES string of the molecule is N#C/C(=C/c1c[nH]c2ccccc12)C(=O)OC1CCCCC1. The minimum Gasteiger partial charge on any atom is -0.458 e. The molecule has 1 aromatic carbocycles. The number of nitriles is 1. The molecule has 2 aromatic rings. The third-order valence-electron chi connectivity index (χ3n) is 4.09. The van der Waals surface area contributed by atoms with Gasteiger partial charge in [0.25, 0.3) is 0 Å². The van der Waals surface area contributed by atoms with E-state index in [0.29, 0.717) is 0 Å². The van der Waals surface area contributed by atoms with Gasteiger partial charge >= 0.3 is 5.97 Å². The van der Waals surface area contributed by atoms with Crippen LogP contribution < -0.4 is 0 Å². The second-order valence-corrected chi connectivity index (χ2v) is 5.62. The molecule has 4 nitrogen and oxygen atoms in total. The molecule has 0 atom stereocenters. The van der Waals surface area contributed by atoms with Crippen LogP contribution in [0.15, 0.2) is 36.0 Å². The Morgan fingerprint density at radius 1 is 1.27 bits per heavy atom. The lowest BCUT2D eigenvalue weighted by Gasteiger charge is -2.21. The number of aromatic nitrogens is 1. The minimum atomic E-state index is -0.514. The molecule has 0 amide bonds. The Morgan fingerprint density at radius 2 is 2.05 bits per heavy atom. The fraction of sp³-hybridized carbons (Fsp3) is 0.333. The van der Waals surface area contributed by atoms with Crippen molar-refractivity contribution in [2.75, 3.05) is 0 Å². The first-order chi connectivity index (χ1) is 10.8. The van der Waals surface area contributed by atoms with E-state index in [0.717, 1.165) is 42.1 Å². The Labute approximate surface area is 129 Å². The lowest BCUT2D eigenvalue weighted by Crippen LogP contribution is -2.21. The summed E-state index contributed by atoms with van der Waals surface area (Å²) in [5.41, 5.74) is 1.86. The van der Waals surface area contributed by atoms with Gasteiger partial charge in [0.15, 0.2) is 0 Å². The zero-order chi connectivity index (χ0) is 15.4. The van der Waals surface area contributed by atoms with Gasteiger partial charge in [-0.25, -0.2) is 4.79 Å². The smallest absolute Gasteiger partial charge is 0.349 e. The average molecular weight is 294 g/mol. The predicted octanol–water partition coefficient (Wildman–Crippen LogP) is 3.95. The number of nitrogens with one attached hydrogen (secondary N) is 1. The fourth-order valence-electron chi connectivity index (χ4n) is 2.90. The van der Waals surface area contributed by atoms with Crippen LogP contribution in [0.3, 0.4) is 0 Å². The number of aromatic amines is 1. The Bertz CT molecular complexity index is 746. The van der Waals surface area contributed by atoms with Gasteiger partial charge in [-0.05, 0) is 37.8 Å². The van der Waals surface area contributed by atoms with Gasteiger partial charge in [0.2, 0.25) is 0 Å². The molecule has 1 aliphatic carbocycles. The third-order valence-corrected chi connectivity index (χ3v) is 4.09. The van der Waals surface area contributed by atoms with Gasteiger partial charge < -0.3 is 9.72 Å². The summed E-state index contributed by atoms with van der Waals surface area (Å²) in [7, 11) is 0. The van der Waals surface area contributed by atoms with Crippen LogP contribution in [0, 0.1) is 11.3 Å². The van der Waals surface area contributed by atoms with E-state index in [1.54, 1.807) is 12.3 Å². The molecule has 1 aromatic heterocycles. The molecular formula is C18H18N2O2. The first kappa shape index (κ1) is 14.4. The summed E-state index contributed by atoms with van der Waals surface area (Å²) in [5.74, 6) is -0.514. The van der Waals surface area contributed by atoms with Crippen LogP contribution in [0.5, 0.6) is 0 Å². The first-order valence-corrected chi connectivity index (χ1v) is 7.67. The van der Waals surface area contributed by atoms with Crippen molar-refractivity contribution in [1.82, 2.24) is 4.98 Å². The van der Waals surface area contributed by atoms with Gasteiger partial charge in [-0.3, -0.25) is 0 Å². The maximum Gasteiger partial charge on any atom is 0.349 e. The van der Waals surface area contributed by atoms with Gasteiger partial charge in [0.1, 0.15) is 17.7 Å². The van der Waals surface area contributed by atoms with Gasteiger partial charge in [0.05, 0.1) is 0 Å². The van der Waals surface area contributed by atoms with Crippen LogP contribution >= 0.6 is 0 Å². The Kier molecular flexibility index (Phi) is 4.24. The molecule has 4 heteroatoms. The second-order valence-electron chi connectivity index (χ2n) is 5.62. The van der Waals surface area contributed by atoms with Gasteiger partial charge in [-0.2, -0.15) is 5.26 Å². The Morgan fingerprint density at radius 3 is 2.82 bits per heavy atom. The van der Waals surface area contributed by atoms with E-state index in [-0.39, 0.29) is 11.7 Å². The van der Waals surface area contributed by atoms with Crippen LogP contribution in [0.1, 0.15) is 37.7 Å². The largest absolute Gasteiger partial charge is 0.458 e. The zero-order valence-electron chi connectivity index (χ0n) is 12.3. The summed E-state index contributed by atoms with van der Waals surface area (Å²) in [5, 5.41) is 10.3. The number of H-pyrrole nitrogens is 1. The minimum absolute atomic E-state index is 0.0408. The Hall–Kier alpha value is -2.54. The van der Waals surface area contributed by atoms with E-state index in [9.17, 15) is 10.1 Å². The lowest BCUT2D eigenvalue weighted by atomic mass is 9.98. The topological polar surface area (TPSA) is 65.9 Å². The molecule has 0 aliphatic heterocycles. The van der Waals surface area contributed by atoms with Gasteiger partial charge in [-0.1, -0.05) is 24.6 Å². The lowest BCUT2D eigenvalue weighted by molar-refractivity contribution is -0.145. The Balaban J connectivity index is 1.80. The number of hydrogen-bond acceptors (Lipinski definition) is 3. The molecule has 0 spiro atoms. The molecule has 0 bridgehead atoms. The molecule has 0 radical (unpaired) electrons. The van der Waals surface area contributed by atoms with Gasteiger partial charge in [-0.15, -0.1) is 0 Å². The summed E-state index contributed by atoms with van der Waals surface area (Å²) in [4.78, 5) is 15.3. The van der Waals surface area contributed by atoms with Crippen LogP contribution in [-0.2, 0) is 9.53 Å². The highest BCUT2D eigenvalue weighted by atomic mass is 16.5. The van der Waals surface area contributed by atoms with Gasteiger partial charge in [0, 0.05) is 22.7 Å². The summed E-state index contributed by atoms with van der Waals surface area (Å²) in [6, 6.07) is 9.75. The van der Waals surface area contributed by atoms with Crippen molar-refractivity contribution < 1.29 is 9.53 Å². The number of rotatable bonds is 3. The number of esters is 1. The molecule has 1 aliphatic rings. The summed E-state index contributed by atoms with van der Waals surface area (Å²) in [6.45, 7) is 0. The third kappa shape index (κ3) is 3.04. The number of ether oxygens (including phenoxy) is 1. The summed E-state index contributed by atoms with van der Waals surface area (Å²) < 4.78 is 5.47. The van der Waals surface area contributed by atoms with Crippen LogP contribution in [-0.4, -0.2) is 17.1 Å². The van der Waals surface area contributed by atoms with Crippen LogP contribution in [0.2, 0.25) is 0 Å². The van der Waals surface area contributed by atoms with Crippen molar-refractivity contribution in [1.29, 1.82) is 5.26 Å². The summed E-state index contributed by atoms with van der Waals surface area (Å²) >= 11 is 0. The van der Waals surface area contributed by atoms with E-state index in [4.69, 9.17) is 4.74 Å². The second kappa shape index (κ2) is 6.48. The fourth-order valence-corrected chi connectivity index (χ4v) is 2.90. The van der Waals surface area contributed by atoms with E-state index in [1.807, 2.05) is 30.3 Å². The maximum atomic E-state index is 12.2. The highest BCUT2D eigenvalue weighted by Gasteiger charge is 2.20. The molecule has 0 unspecified atom stereocenters. The molecule has 1 N–H and O–H groups in total. The van der Waals surface area contributed by atoms with E-state index >= 15 is 0 Å². The maximum absolute atomic E-state index is 12.2. The summed E-state index contributed by atoms with van der Waals surface area (Å²) in [6.07, 6.45) is 8.54. The highest BCUT2D eigenvalue weighted by molar-refractivity contribution is 6.01. The highest BCUT2D eigenvalue weighted by Crippen LogP contribution is 2.23. The number of carbonyl (C=O) groups is 1. The normalized spacial score (nSPS) is 16.4. The molecule has 112 valence electrons. The number of hydrogen-bond donors (Lipinski definition) is 1. The van der Waals surface area contributed by atoms with E-state index in [1.165, 1.54) is 6.42 Å². The number of nitrogens with zero attached hydrogens (tertiary/aromatic N) is 1. The molecular weight excluding hydrogens is 276 g/mol.